The van der Waals surface area contributed by atoms with Crippen LogP contribution in [0.3, 0.4) is 0 Å². The van der Waals surface area contributed by atoms with Crippen molar-refractivity contribution in [3.05, 3.63) is 64.7 Å². The molecule has 166 valence electrons. The number of alkyl halides is 3. The normalized spacial score (nSPS) is 12.0. The van der Waals surface area contributed by atoms with Gasteiger partial charge in [-0.05, 0) is 23.8 Å². The number of hydrogen-bond acceptors (Lipinski definition) is 3. The molecule has 0 bridgehead atoms. The van der Waals surface area contributed by atoms with E-state index >= 15 is 0 Å². The van der Waals surface area contributed by atoms with Crippen molar-refractivity contribution in [3.8, 4) is 0 Å². The SMILES string of the molecule is CN(CC(=O)Nc1ccc(Cl)c(C(F)(F)F)c1)C(=O)C[C@@H](NC(N)=O)c1ccccc1. The summed E-state index contributed by atoms with van der Waals surface area (Å²) in [6.45, 7) is -0.416. The minimum atomic E-state index is -4.68. The van der Waals surface area contributed by atoms with Gasteiger partial charge in [-0.3, -0.25) is 9.59 Å². The fourth-order valence-corrected chi connectivity index (χ4v) is 2.99. The molecule has 1 atom stereocenters. The van der Waals surface area contributed by atoms with Crippen LogP contribution in [0.2, 0.25) is 5.02 Å². The Morgan fingerprint density at radius 2 is 1.77 bits per heavy atom. The monoisotopic (exact) mass is 456 g/mol. The number of likely N-dealkylation sites (N-methyl/N-ethyl adjacent to an activating group) is 1. The molecule has 0 saturated carbocycles. The second-order valence-electron chi connectivity index (χ2n) is 6.67. The molecule has 2 rings (SSSR count). The molecule has 0 radical (unpaired) electrons. The topological polar surface area (TPSA) is 105 Å². The van der Waals surface area contributed by atoms with Crippen molar-refractivity contribution in [1.82, 2.24) is 10.2 Å². The number of nitrogens with zero attached hydrogens (tertiary/aromatic N) is 1. The van der Waals surface area contributed by atoms with Gasteiger partial charge in [-0.1, -0.05) is 41.9 Å². The largest absolute Gasteiger partial charge is 0.417 e. The molecule has 0 fully saturated rings. The molecule has 0 aliphatic carbocycles. The molecule has 0 spiro atoms. The van der Waals surface area contributed by atoms with Gasteiger partial charge in [-0.25, -0.2) is 4.79 Å². The van der Waals surface area contributed by atoms with Crippen LogP contribution < -0.4 is 16.4 Å². The van der Waals surface area contributed by atoms with E-state index in [1.54, 1.807) is 30.3 Å². The minimum Gasteiger partial charge on any atom is -0.352 e. The van der Waals surface area contributed by atoms with Gasteiger partial charge in [-0.2, -0.15) is 13.2 Å². The second kappa shape index (κ2) is 10.2. The van der Waals surface area contributed by atoms with Gasteiger partial charge in [0.05, 0.1) is 29.6 Å². The average molecular weight is 457 g/mol. The third-order valence-corrected chi connectivity index (χ3v) is 4.59. The number of halogens is 4. The number of primary amides is 1. The van der Waals surface area contributed by atoms with Crippen LogP contribution in [0.5, 0.6) is 0 Å². The highest BCUT2D eigenvalue weighted by Crippen LogP contribution is 2.36. The lowest BCUT2D eigenvalue weighted by molar-refractivity contribution is -0.137. The Hall–Kier alpha value is -3.27. The summed E-state index contributed by atoms with van der Waals surface area (Å²) in [4.78, 5) is 37.1. The molecular formula is C20H20ClF3N4O3. The number of nitrogens with one attached hydrogen (secondary N) is 2. The van der Waals surface area contributed by atoms with Crippen LogP contribution in [0.15, 0.2) is 48.5 Å². The number of benzene rings is 2. The van der Waals surface area contributed by atoms with E-state index in [1.807, 2.05) is 0 Å². The average Bonchev–Trinajstić information content (AvgIpc) is 2.68. The highest BCUT2D eigenvalue weighted by atomic mass is 35.5. The van der Waals surface area contributed by atoms with Gasteiger partial charge in [-0.15, -0.1) is 0 Å². The zero-order valence-electron chi connectivity index (χ0n) is 16.4. The first kappa shape index (κ1) is 24.0. The Labute approximate surface area is 181 Å². The highest BCUT2D eigenvalue weighted by Gasteiger charge is 2.33. The molecular weight excluding hydrogens is 437 g/mol. The standard InChI is InChI=1S/C20H20ClF3N4O3/c1-28(18(30)10-16(27-19(25)31)12-5-3-2-4-6-12)11-17(29)26-13-7-8-15(21)14(9-13)20(22,23)24/h2-9,16H,10-11H2,1H3,(H,26,29)(H3,25,27,31)/t16-/m1/s1. The lowest BCUT2D eigenvalue weighted by atomic mass is 10.0. The first-order valence-electron chi connectivity index (χ1n) is 8.99. The van der Waals surface area contributed by atoms with Crippen LogP contribution in [0.1, 0.15) is 23.6 Å². The maximum Gasteiger partial charge on any atom is 0.417 e. The van der Waals surface area contributed by atoms with E-state index in [-0.39, 0.29) is 12.1 Å². The first-order chi connectivity index (χ1) is 14.5. The number of nitrogens with two attached hydrogens (primary N) is 1. The summed E-state index contributed by atoms with van der Waals surface area (Å²) in [6, 6.07) is 10.1. The Morgan fingerprint density at radius 3 is 2.35 bits per heavy atom. The van der Waals surface area contributed by atoms with Crippen LogP contribution in [-0.4, -0.2) is 36.3 Å². The Bertz CT molecular complexity index is 954. The molecule has 31 heavy (non-hydrogen) atoms. The maximum atomic E-state index is 12.9. The lowest BCUT2D eigenvalue weighted by Gasteiger charge is -2.22. The summed E-state index contributed by atoms with van der Waals surface area (Å²) >= 11 is 5.55. The predicted molar refractivity (Wildman–Crippen MR) is 109 cm³/mol. The maximum absolute atomic E-state index is 12.9. The van der Waals surface area contributed by atoms with Crippen LogP contribution in [0.4, 0.5) is 23.7 Å². The Balaban J connectivity index is 2.02. The van der Waals surface area contributed by atoms with Gasteiger partial charge in [0.2, 0.25) is 11.8 Å². The van der Waals surface area contributed by atoms with Gasteiger partial charge in [0.15, 0.2) is 0 Å². The summed E-state index contributed by atoms with van der Waals surface area (Å²) in [5, 5.41) is 4.28. The molecule has 2 aromatic rings. The van der Waals surface area contributed by atoms with Crippen LogP contribution >= 0.6 is 11.6 Å². The van der Waals surface area contributed by atoms with Crippen molar-refractivity contribution >= 4 is 35.1 Å². The van der Waals surface area contributed by atoms with Gasteiger partial charge in [0.1, 0.15) is 0 Å². The van der Waals surface area contributed by atoms with Gasteiger partial charge in [0, 0.05) is 12.7 Å². The number of urea groups is 1. The predicted octanol–water partition coefficient (Wildman–Crippen LogP) is 3.56. The summed E-state index contributed by atoms with van der Waals surface area (Å²) < 4.78 is 38.8. The van der Waals surface area contributed by atoms with Gasteiger partial charge < -0.3 is 21.3 Å². The second-order valence-corrected chi connectivity index (χ2v) is 7.07. The van der Waals surface area contributed by atoms with E-state index in [9.17, 15) is 27.6 Å². The number of rotatable bonds is 7. The van der Waals surface area contributed by atoms with Gasteiger partial charge in [0.25, 0.3) is 0 Å². The molecule has 0 aliphatic heterocycles. The molecule has 0 aliphatic rings. The molecule has 2 aromatic carbocycles. The van der Waals surface area contributed by atoms with Crippen molar-refractivity contribution in [1.29, 1.82) is 0 Å². The highest BCUT2D eigenvalue weighted by molar-refractivity contribution is 6.31. The number of carbonyl (C=O) groups excluding carboxylic acids is 3. The number of hydrogen-bond donors (Lipinski definition) is 3. The number of anilines is 1. The Kier molecular flexibility index (Phi) is 7.87. The van der Waals surface area contributed by atoms with Crippen molar-refractivity contribution in [2.75, 3.05) is 18.9 Å². The summed E-state index contributed by atoms with van der Waals surface area (Å²) in [5.41, 5.74) is 4.63. The zero-order chi connectivity index (χ0) is 23.2. The molecule has 0 heterocycles. The van der Waals surface area contributed by atoms with Crippen molar-refractivity contribution in [2.45, 2.75) is 18.6 Å². The fourth-order valence-electron chi connectivity index (χ4n) is 2.76. The zero-order valence-corrected chi connectivity index (χ0v) is 17.1. The van der Waals surface area contributed by atoms with Crippen LogP contribution in [0.25, 0.3) is 0 Å². The molecule has 0 saturated heterocycles. The van der Waals surface area contributed by atoms with Crippen molar-refractivity contribution in [2.24, 2.45) is 5.73 Å². The Morgan fingerprint density at radius 1 is 1.13 bits per heavy atom. The summed E-state index contributed by atoms with van der Waals surface area (Å²) in [6.07, 6.45) is -4.85. The third-order valence-electron chi connectivity index (χ3n) is 4.26. The molecule has 0 unspecified atom stereocenters. The molecule has 11 heteroatoms. The lowest BCUT2D eigenvalue weighted by Crippen LogP contribution is -2.39. The van der Waals surface area contributed by atoms with E-state index in [0.29, 0.717) is 11.6 Å². The quantitative estimate of drug-likeness (QED) is 0.593. The number of carbonyl (C=O) groups is 3. The van der Waals surface area contributed by atoms with Crippen LogP contribution in [0, 0.1) is 0 Å². The fraction of sp³-hybridized carbons (Fsp3) is 0.250. The molecule has 7 nitrogen and oxygen atoms in total. The third kappa shape index (κ3) is 7.18. The van der Waals surface area contributed by atoms with E-state index in [1.165, 1.54) is 13.1 Å². The molecule has 0 aromatic heterocycles. The summed E-state index contributed by atoms with van der Waals surface area (Å²) in [5.74, 6) is -1.18. The van der Waals surface area contributed by atoms with E-state index in [0.717, 1.165) is 11.0 Å². The van der Waals surface area contributed by atoms with Crippen molar-refractivity contribution < 1.29 is 27.6 Å². The van der Waals surface area contributed by atoms with E-state index in [4.69, 9.17) is 17.3 Å². The molecule has 4 N–H and O–H groups in total. The van der Waals surface area contributed by atoms with Gasteiger partial charge >= 0.3 is 12.2 Å². The summed E-state index contributed by atoms with van der Waals surface area (Å²) in [7, 11) is 1.36. The van der Waals surface area contributed by atoms with Crippen molar-refractivity contribution in [3.63, 3.8) is 0 Å². The number of amides is 4. The molecule has 4 amide bonds. The first-order valence-corrected chi connectivity index (χ1v) is 9.36. The smallest absolute Gasteiger partial charge is 0.352 e. The van der Waals surface area contributed by atoms with E-state index in [2.05, 4.69) is 10.6 Å². The minimum absolute atomic E-state index is 0.111. The van der Waals surface area contributed by atoms with Crippen LogP contribution in [-0.2, 0) is 15.8 Å². The van der Waals surface area contributed by atoms with E-state index < -0.39 is 47.2 Å².